The predicted octanol–water partition coefficient (Wildman–Crippen LogP) is 6.20. The molecule has 1 amide bonds. The van der Waals surface area contributed by atoms with Crippen LogP contribution in [0.4, 0.5) is 20.2 Å². The standard InChI is InChI=1S/C26H18F2N2O/c27-18-8-12-20(13-9-18)29-24-16-25(23-7-3-5-17-4-1-2-6-22(17)23)30(26(24)31)21-14-10-19(28)11-15-21/h1-16,25,29H. The normalized spacial score (nSPS) is 15.9. The summed E-state index contributed by atoms with van der Waals surface area (Å²) in [5, 5.41) is 5.21. The molecule has 0 aromatic heterocycles. The Morgan fingerprint density at radius 2 is 1.39 bits per heavy atom. The average molecular weight is 412 g/mol. The summed E-state index contributed by atoms with van der Waals surface area (Å²) in [4.78, 5) is 15.1. The summed E-state index contributed by atoms with van der Waals surface area (Å²) < 4.78 is 26.8. The van der Waals surface area contributed by atoms with Gasteiger partial charge in [-0.1, -0.05) is 42.5 Å². The van der Waals surface area contributed by atoms with Gasteiger partial charge < -0.3 is 5.32 Å². The summed E-state index contributed by atoms with van der Waals surface area (Å²) in [5.74, 6) is -0.956. The Morgan fingerprint density at radius 1 is 0.742 bits per heavy atom. The van der Waals surface area contributed by atoms with E-state index in [0.29, 0.717) is 17.1 Å². The van der Waals surface area contributed by atoms with E-state index in [1.807, 2.05) is 48.5 Å². The molecule has 0 aliphatic carbocycles. The molecule has 4 aromatic carbocycles. The summed E-state index contributed by atoms with van der Waals surface area (Å²) in [6, 6.07) is 25.3. The van der Waals surface area contributed by atoms with Crippen molar-refractivity contribution in [3.05, 3.63) is 120 Å². The fourth-order valence-corrected chi connectivity index (χ4v) is 3.96. The second-order valence-corrected chi connectivity index (χ2v) is 7.38. The number of amides is 1. The van der Waals surface area contributed by atoms with Gasteiger partial charge in [-0.2, -0.15) is 0 Å². The number of hydrogen-bond donors (Lipinski definition) is 1. The number of halogens is 2. The van der Waals surface area contributed by atoms with Crippen molar-refractivity contribution in [2.24, 2.45) is 0 Å². The highest BCUT2D eigenvalue weighted by molar-refractivity contribution is 6.11. The van der Waals surface area contributed by atoms with Gasteiger partial charge in [0.2, 0.25) is 0 Å². The van der Waals surface area contributed by atoms with Gasteiger partial charge in [-0.05, 0) is 70.9 Å². The van der Waals surface area contributed by atoms with Crippen LogP contribution in [0.25, 0.3) is 10.8 Å². The van der Waals surface area contributed by atoms with Crippen LogP contribution in [-0.4, -0.2) is 5.91 Å². The summed E-state index contributed by atoms with van der Waals surface area (Å²) in [6.07, 6.45) is 1.86. The zero-order valence-electron chi connectivity index (χ0n) is 16.4. The second kappa shape index (κ2) is 7.69. The largest absolute Gasteiger partial charge is 0.351 e. The lowest BCUT2D eigenvalue weighted by Crippen LogP contribution is -2.30. The molecule has 3 nitrogen and oxygen atoms in total. The summed E-state index contributed by atoms with van der Waals surface area (Å²) >= 11 is 0. The maximum Gasteiger partial charge on any atom is 0.275 e. The van der Waals surface area contributed by atoms with Crippen LogP contribution in [0.3, 0.4) is 0 Å². The maximum atomic E-state index is 13.5. The molecule has 5 rings (SSSR count). The van der Waals surface area contributed by atoms with Gasteiger partial charge in [0, 0.05) is 11.4 Å². The number of nitrogens with one attached hydrogen (secondary N) is 1. The van der Waals surface area contributed by atoms with Gasteiger partial charge in [0.1, 0.15) is 17.3 Å². The van der Waals surface area contributed by atoms with Crippen molar-refractivity contribution in [3.63, 3.8) is 0 Å². The first-order valence-corrected chi connectivity index (χ1v) is 9.91. The minimum absolute atomic E-state index is 0.242. The third-order valence-corrected chi connectivity index (χ3v) is 5.42. The molecule has 1 aliphatic rings. The third kappa shape index (κ3) is 3.55. The smallest absolute Gasteiger partial charge is 0.275 e. The van der Waals surface area contributed by atoms with Gasteiger partial charge in [0.25, 0.3) is 5.91 Å². The van der Waals surface area contributed by atoms with E-state index in [-0.39, 0.29) is 23.6 Å². The first-order chi connectivity index (χ1) is 15.1. The molecule has 4 aromatic rings. The molecule has 1 aliphatic heterocycles. The average Bonchev–Trinajstić information content (AvgIpc) is 3.11. The Morgan fingerprint density at radius 3 is 2.13 bits per heavy atom. The molecule has 0 saturated heterocycles. The van der Waals surface area contributed by atoms with Crippen LogP contribution >= 0.6 is 0 Å². The van der Waals surface area contributed by atoms with Gasteiger partial charge in [-0.15, -0.1) is 0 Å². The highest BCUT2D eigenvalue weighted by Gasteiger charge is 2.35. The Kier molecular flexibility index (Phi) is 4.71. The van der Waals surface area contributed by atoms with E-state index < -0.39 is 0 Å². The van der Waals surface area contributed by atoms with Crippen molar-refractivity contribution < 1.29 is 13.6 Å². The van der Waals surface area contributed by atoms with Crippen LogP contribution in [0.2, 0.25) is 0 Å². The number of hydrogen-bond acceptors (Lipinski definition) is 2. The topological polar surface area (TPSA) is 32.3 Å². The monoisotopic (exact) mass is 412 g/mol. The summed E-state index contributed by atoms with van der Waals surface area (Å²) in [5.41, 5.74) is 2.55. The molecule has 152 valence electrons. The van der Waals surface area contributed by atoms with Crippen LogP contribution in [0, 0.1) is 11.6 Å². The number of fused-ring (bicyclic) bond motifs is 1. The lowest BCUT2D eigenvalue weighted by molar-refractivity contribution is -0.114. The zero-order valence-corrected chi connectivity index (χ0v) is 16.4. The number of rotatable bonds is 4. The van der Waals surface area contributed by atoms with E-state index in [4.69, 9.17) is 0 Å². The van der Waals surface area contributed by atoms with Crippen molar-refractivity contribution in [2.45, 2.75) is 6.04 Å². The highest BCUT2D eigenvalue weighted by Crippen LogP contribution is 2.38. The van der Waals surface area contributed by atoms with Gasteiger partial charge >= 0.3 is 0 Å². The molecule has 0 spiro atoms. The lowest BCUT2D eigenvalue weighted by Gasteiger charge is -2.26. The first kappa shape index (κ1) is 19.0. The lowest BCUT2D eigenvalue weighted by atomic mass is 9.98. The van der Waals surface area contributed by atoms with E-state index in [1.165, 1.54) is 24.3 Å². The third-order valence-electron chi connectivity index (χ3n) is 5.42. The van der Waals surface area contributed by atoms with Crippen LogP contribution in [0.1, 0.15) is 11.6 Å². The Bertz CT molecular complexity index is 1290. The second-order valence-electron chi connectivity index (χ2n) is 7.38. The Hall–Kier alpha value is -3.99. The molecule has 0 fully saturated rings. The molecule has 1 unspecified atom stereocenters. The molecule has 0 radical (unpaired) electrons. The summed E-state index contributed by atoms with van der Waals surface area (Å²) in [7, 11) is 0. The highest BCUT2D eigenvalue weighted by atomic mass is 19.1. The van der Waals surface area contributed by atoms with E-state index in [1.54, 1.807) is 29.2 Å². The van der Waals surface area contributed by atoms with Crippen molar-refractivity contribution in [3.8, 4) is 0 Å². The maximum absolute atomic E-state index is 13.5. The predicted molar refractivity (Wildman–Crippen MR) is 119 cm³/mol. The fraction of sp³-hybridized carbons (Fsp3) is 0.0385. The summed E-state index contributed by atoms with van der Waals surface area (Å²) in [6.45, 7) is 0. The Labute approximate surface area is 178 Å². The number of anilines is 2. The molecular formula is C26H18F2N2O. The Balaban J connectivity index is 1.61. The minimum atomic E-state index is -0.382. The number of carbonyl (C=O) groups is 1. The molecule has 1 heterocycles. The van der Waals surface area contributed by atoms with Gasteiger partial charge in [-0.25, -0.2) is 8.78 Å². The molecular weight excluding hydrogens is 394 g/mol. The van der Waals surface area contributed by atoms with Crippen LogP contribution < -0.4 is 10.2 Å². The number of nitrogens with zero attached hydrogens (tertiary/aromatic N) is 1. The first-order valence-electron chi connectivity index (χ1n) is 9.91. The molecule has 31 heavy (non-hydrogen) atoms. The van der Waals surface area contributed by atoms with Gasteiger partial charge in [0.15, 0.2) is 0 Å². The van der Waals surface area contributed by atoms with E-state index >= 15 is 0 Å². The molecule has 1 atom stereocenters. The molecule has 0 saturated carbocycles. The van der Waals surface area contributed by atoms with Gasteiger partial charge in [0.05, 0.1) is 6.04 Å². The molecule has 5 heteroatoms. The SMILES string of the molecule is O=C1C(Nc2ccc(F)cc2)=CC(c2cccc3ccccc23)N1c1ccc(F)cc1. The number of carbonyl (C=O) groups excluding carboxylic acids is 1. The van der Waals surface area contributed by atoms with Crippen molar-refractivity contribution >= 4 is 28.1 Å². The van der Waals surface area contributed by atoms with E-state index in [2.05, 4.69) is 5.32 Å². The quantitative estimate of drug-likeness (QED) is 0.433. The molecule has 0 bridgehead atoms. The van der Waals surface area contributed by atoms with Gasteiger partial charge in [-0.3, -0.25) is 9.69 Å². The van der Waals surface area contributed by atoms with Crippen molar-refractivity contribution in [1.82, 2.24) is 0 Å². The van der Waals surface area contributed by atoms with E-state index in [9.17, 15) is 13.6 Å². The van der Waals surface area contributed by atoms with Crippen molar-refractivity contribution in [2.75, 3.05) is 10.2 Å². The van der Waals surface area contributed by atoms with E-state index in [0.717, 1.165) is 16.3 Å². The van der Waals surface area contributed by atoms with Crippen LogP contribution in [-0.2, 0) is 4.79 Å². The minimum Gasteiger partial charge on any atom is -0.351 e. The molecule has 1 N–H and O–H groups in total. The number of benzene rings is 4. The fourth-order valence-electron chi connectivity index (χ4n) is 3.96. The van der Waals surface area contributed by atoms with Crippen LogP contribution in [0.5, 0.6) is 0 Å². The van der Waals surface area contributed by atoms with Crippen molar-refractivity contribution in [1.29, 1.82) is 0 Å². The zero-order chi connectivity index (χ0) is 21.4. The van der Waals surface area contributed by atoms with Crippen LogP contribution in [0.15, 0.2) is 103 Å².